The van der Waals surface area contributed by atoms with Crippen LogP contribution in [0.2, 0.25) is 0 Å². The van der Waals surface area contributed by atoms with E-state index in [0.717, 1.165) is 33.4 Å². The van der Waals surface area contributed by atoms with Gasteiger partial charge in [-0.25, -0.2) is 0 Å². The second-order valence-electron chi connectivity index (χ2n) is 7.98. The van der Waals surface area contributed by atoms with Gasteiger partial charge < -0.3 is 16.0 Å². The van der Waals surface area contributed by atoms with Crippen LogP contribution in [0.3, 0.4) is 0 Å². The van der Waals surface area contributed by atoms with Crippen molar-refractivity contribution in [3.05, 3.63) is 135 Å². The Hall–Kier alpha value is -4.03. The molecule has 0 fully saturated rings. The van der Waals surface area contributed by atoms with Crippen molar-refractivity contribution in [1.82, 2.24) is 15.3 Å². The molecule has 0 atom stereocenters. The summed E-state index contributed by atoms with van der Waals surface area (Å²) in [4.78, 5) is 31.4. The number of hydrogen-bond donors (Lipinski definition) is 3. The first-order chi connectivity index (χ1) is 16.1. The highest BCUT2D eigenvalue weighted by molar-refractivity contribution is 5.94. The first-order valence-corrected chi connectivity index (χ1v) is 10.8. The minimum absolute atomic E-state index is 0.0599. The van der Waals surface area contributed by atoms with Gasteiger partial charge in [0, 0.05) is 43.7 Å². The third-order valence-electron chi connectivity index (χ3n) is 5.49. The number of aromatic amines is 1. The standard InChI is InChI=1S/C27H26N4O2/c28-15-21-7-9-22(10-8-21)17-31-27(33)25-14-23(16-29-18-25)12-19-3-5-20(6-4-19)13-24-2-1-11-30-26(24)32/h1-11,14,16,18H,12-13,15,17,28H2,(H,30,32)(H,31,33). The van der Waals surface area contributed by atoms with Crippen LogP contribution in [0.5, 0.6) is 0 Å². The Bertz CT molecular complexity index is 1280. The predicted octanol–water partition coefficient (Wildman–Crippen LogP) is 3.34. The van der Waals surface area contributed by atoms with E-state index in [1.54, 1.807) is 18.6 Å². The Morgan fingerprint density at radius 1 is 0.848 bits per heavy atom. The molecule has 0 radical (unpaired) electrons. The van der Waals surface area contributed by atoms with E-state index in [-0.39, 0.29) is 11.5 Å². The highest BCUT2D eigenvalue weighted by Crippen LogP contribution is 2.14. The average molecular weight is 439 g/mol. The van der Waals surface area contributed by atoms with E-state index in [1.807, 2.05) is 66.7 Å². The predicted molar refractivity (Wildman–Crippen MR) is 129 cm³/mol. The molecule has 166 valence electrons. The lowest BCUT2D eigenvalue weighted by molar-refractivity contribution is 0.0950. The van der Waals surface area contributed by atoms with Gasteiger partial charge in [0.15, 0.2) is 0 Å². The molecule has 0 saturated carbocycles. The summed E-state index contributed by atoms with van der Waals surface area (Å²) < 4.78 is 0. The second kappa shape index (κ2) is 10.5. The lowest BCUT2D eigenvalue weighted by Gasteiger charge is -2.08. The van der Waals surface area contributed by atoms with Gasteiger partial charge in [-0.05, 0) is 46.4 Å². The van der Waals surface area contributed by atoms with E-state index in [9.17, 15) is 9.59 Å². The third-order valence-corrected chi connectivity index (χ3v) is 5.49. The molecule has 2 heterocycles. The number of nitrogens with zero attached hydrogens (tertiary/aromatic N) is 1. The number of nitrogens with one attached hydrogen (secondary N) is 2. The smallest absolute Gasteiger partial charge is 0.253 e. The number of carbonyl (C=O) groups excluding carboxylic acids is 1. The van der Waals surface area contributed by atoms with Crippen LogP contribution >= 0.6 is 0 Å². The Kier molecular flexibility index (Phi) is 7.07. The van der Waals surface area contributed by atoms with Crippen molar-refractivity contribution < 1.29 is 4.79 Å². The van der Waals surface area contributed by atoms with Crippen LogP contribution in [0.4, 0.5) is 0 Å². The summed E-state index contributed by atoms with van der Waals surface area (Å²) in [7, 11) is 0. The average Bonchev–Trinajstić information content (AvgIpc) is 2.85. The number of carbonyl (C=O) groups is 1. The van der Waals surface area contributed by atoms with Crippen LogP contribution in [-0.4, -0.2) is 15.9 Å². The molecule has 0 aliphatic rings. The zero-order chi connectivity index (χ0) is 23.0. The van der Waals surface area contributed by atoms with Crippen LogP contribution in [0.1, 0.15) is 43.7 Å². The summed E-state index contributed by atoms with van der Waals surface area (Å²) in [5, 5.41) is 2.94. The molecule has 1 amide bonds. The molecule has 0 aliphatic heterocycles. The normalized spacial score (nSPS) is 10.7. The van der Waals surface area contributed by atoms with Gasteiger partial charge >= 0.3 is 0 Å². The molecular formula is C27H26N4O2. The van der Waals surface area contributed by atoms with Gasteiger partial charge in [0.25, 0.3) is 11.5 Å². The van der Waals surface area contributed by atoms with Crippen molar-refractivity contribution >= 4 is 5.91 Å². The molecule has 0 aliphatic carbocycles. The van der Waals surface area contributed by atoms with Crippen molar-refractivity contribution in [2.75, 3.05) is 0 Å². The quantitative estimate of drug-likeness (QED) is 0.393. The maximum Gasteiger partial charge on any atom is 0.253 e. The monoisotopic (exact) mass is 438 g/mol. The van der Waals surface area contributed by atoms with Crippen molar-refractivity contribution in [2.24, 2.45) is 5.73 Å². The third kappa shape index (κ3) is 6.02. The van der Waals surface area contributed by atoms with Crippen LogP contribution in [-0.2, 0) is 25.9 Å². The summed E-state index contributed by atoms with van der Waals surface area (Å²) in [6.45, 7) is 0.945. The minimum Gasteiger partial charge on any atom is -0.348 e. The Labute approximate surface area is 192 Å². The number of nitrogens with two attached hydrogens (primary N) is 1. The van der Waals surface area contributed by atoms with Crippen molar-refractivity contribution in [1.29, 1.82) is 0 Å². The van der Waals surface area contributed by atoms with E-state index < -0.39 is 0 Å². The van der Waals surface area contributed by atoms with Crippen LogP contribution in [0, 0.1) is 0 Å². The molecule has 4 N–H and O–H groups in total. The fourth-order valence-electron chi connectivity index (χ4n) is 3.61. The number of H-pyrrole nitrogens is 1. The Morgan fingerprint density at radius 3 is 2.21 bits per heavy atom. The van der Waals surface area contributed by atoms with Gasteiger partial charge in [-0.2, -0.15) is 0 Å². The van der Waals surface area contributed by atoms with E-state index in [1.165, 1.54) is 0 Å². The molecule has 2 aromatic heterocycles. The summed E-state index contributed by atoms with van der Waals surface area (Å²) in [6, 6.07) is 21.6. The zero-order valence-electron chi connectivity index (χ0n) is 18.3. The van der Waals surface area contributed by atoms with Crippen LogP contribution < -0.4 is 16.6 Å². The van der Waals surface area contributed by atoms with E-state index in [4.69, 9.17) is 5.73 Å². The van der Waals surface area contributed by atoms with Gasteiger partial charge in [0.05, 0.1) is 5.56 Å². The topological polar surface area (TPSA) is 101 Å². The molecule has 6 heteroatoms. The van der Waals surface area contributed by atoms with Crippen molar-refractivity contribution in [2.45, 2.75) is 25.9 Å². The fourth-order valence-corrected chi connectivity index (χ4v) is 3.61. The highest BCUT2D eigenvalue weighted by atomic mass is 16.1. The van der Waals surface area contributed by atoms with Crippen molar-refractivity contribution in [3.8, 4) is 0 Å². The first-order valence-electron chi connectivity index (χ1n) is 10.8. The molecule has 0 saturated heterocycles. The second-order valence-corrected chi connectivity index (χ2v) is 7.98. The molecule has 0 spiro atoms. The molecule has 4 rings (SSSR count). The molecule has 0 bridgehead atoms. The summed E-state index contributed by atoms with van der Waals surface area (Å²) in [5.74, 6) is -0.157. The largest absolute Gasteiger partial charge is 0.348 e. The van der Waals surface area contributed by atoms with Gasteiger partial charge in [0.1, 0.15) is 0 Å². The summed E-state index contributed by atoms with van der Waals surface area (Å²) in [6.07, 6.45) is 6.25. The summed E-state index contributed by atoms with van der Waals surface area (Å²) in [5.41, 5.74) is 12.1. The Balaban J connectivity index is 1.36. The molecule has 33 heavy (non-hydrogen) atoms. The Morgan fingerprint density at radius 2 is 1.52 bits per heavy atom. The zero-order valence-corrected chi connectivity index (χ0v) is 18.3. The number of hydrogen-bond acceptors (Lipinski definition) is 4. The van der Waals surface area contributed by atoms with Gasteiger partial charge in [-0.15, -0.1) is 0 Å². The molecule has 0 unspecified atom stereocenters. The molecule has 6 nitrogen and oxygen atoms in total. The number of amides is 1. The van der Waals surface area contributed by atoms with Crippen molar-refractivity contribution in [3.63, 3.8) is 0 Å². The van der Waals surface area contributed by atoms with Crippen LogP contribution in [0.15, 0.2) is 90.1 Å². The first kappa shape index (κ1) is 22.2. The van der Waals surface area contributed by atoms with E-state index in [0.29, 0.717) is 31.5 Å². The molecular weight excluding hydrogens is 412 g/mol. The number of pyridine rings is 2. The maximum atomic E-state index is 12.6. The van der Waals surface area contributed by atoms with E-state index >= 15 is 0 Å². The number of aromatic nitrogens is 2. The lowest BCUT2D eigenvalue weighted by atomic mass is 10.0. The van der Waals surface area contributed by atoms with Gasteiger partial charge in [0.2, 0.25) is 0 Å². The van der Waals surface area contributed by atoms with Crippen LogP contribution in [0.25, 0.3) is 0 Å². The summed E-state index contributed by atoms with van der Waals surface area (Å²) >= 11 is 0. The maximum absolute atomic E-state index is 12.6. The number of benzene rings is 2. The SMILES string of the molecule is NCc1ccc(CNC(=O)c2cncc(Cc3ccc(Cc4ccc[nH]c4=O)cc3)c2)cc1. The highest BCUT2D eigenvalue weighted by Gasteiger charge is 2.08. The lowest BCUT2D eigenvalue weighted by Crippen LogP contribution is -2.23. The fraction of sp³-hybridized carbons (Fsp3) is 0.148. The molecule has 2 aromatic carbocycles. The number of rotatable bonds is 8. The van der Waals surface area contributed by atoms with Gasteiger partial charge in [-0.1, -0.05) is 54.6 Å². The van der Waals surface area contributed by atoms with Gasteiger partial charge in [-0.3, -0.25) is 14.6 Å². The minimum atomic E-state index is -0.157. The van der Waals surface area contributed by atoms with E-state index in [2.05, 4.69) is 15.3 Å². The molecule has 4 aromatic rings.